The Hall–Kier alpha value is -4.14. The number of pyridine rings is 2. The normalized spacial score (nSPS) is 13.5. The predicted octanol–water partition coefficient (Wildman–Crippen LogP) is 3.25. The van der Waals surface area contributed by atoms with Crippen LogP contribution in [0.15, 0.2) is 51.9 Å². The van der Waals surface area contributed by atoms with E-state index in [1.54, 1.807) is 23.9 Å². The Bertz CT molecular complexity index is 1410. The van der Waals surface area contributed by atoms with Gasteiger partial charge in [-0.1, -0.05) is 11.2 Å². The molecule has 1 aromatic carbocycles. The highest BCUT2D eigenvalue weighted by Gasteiger charge is 2.26. The fourth-order valence-corrected chi connectivity index (χ4v) is 4.33. The van der Waals surface area contributed by atoms with E-state index in [2.05, 4.69) is 15.5 Å². The molecule has 168 valence electrons. The molecule has 4 heterocycles. The molecule has 0 aliphatic carbocycles. The first kappa shape index (κ1) is 20.7. The van der Waals surface area contributed by atoms with Crippen molar-refractivity contribution in [2.24, 2.45) is 0 Å². The van der Waals surface area contributed by atoms with Gasteiger partial charge in [-0.15, -0.1) is 0 Å². The minimum absolute atomic E-state index is 0.257. The zero-order chi connectivity index (χ0) is 23.1. The van der Waals surface area contributed by atoms with Gasteiger partial charge in [-0.2, -0.15) is 0 Å². The molecule has 4 aromatic rings. The molecule has 1 N–H and O–H groups in total. The molecule has 0 unspecified atom stereocenters. The monoisotopic (exact) mass is 445 g/mol. The molecule has 1 aliphatic heterocycles. The molecule has 2 amide bonds. The topological polar surface area (TPSA) is 102 Å². The predicted molar refractivity (Wildman–Crippen MR) is 124 cm³/mol. The Morgan fingerprint density at radius 2 is 2.03 bits per heavy atom. The second-order valence-corrected chi connectivity index (χ2v) is 7.94. The summed E-state index contributed by atoms with van der Waals surface area (Å²) in [5.74, 6) is 1.27. The van der Waals surface area contributed by atoms with Crippen molar-refractivity contribution in [3.05, 3.63) is 70.1 Å². The molecule has 0 saturated carbocycles. The summed E-state index contributed by atoms with van der Waals surface area (Å²) < 4.78 is 12.7. The van der Waals surface area contributed by atoms with Crippen LogP contribution in [0.5, 0.6) is 5.75 Å². The van der Waals surface area contributed by atoms with Gasteiger partial charge in [0.1, 0.15) is 17.2 Å². The number of aromatic nitrogens is 3. The minimum atomic E-state index is -0.282. The van der Waals surface area contributed by atoms with Crippen LogP contribution in [0.4, 0.5) is 10.5 Å². The lowest BCUT2D eigenvalue weighted by atomic mass is 10.00. The SMILES string of the molecule is COc1cc2c(cc1-c1c(C)noc1C)cc(N1CCNC1=O)c(=O)n2Cc1ccccn1. The molecule has 0 atom stereocenters. The van der Waals surface area contributed by atoms with Gasteiger partial charge in [0, 0.05) is 36.3 Å². The number of amides is 2. The quantitative estimate of drug-likeness (QED) is 0.506. The van der Waals surface area contributed by atoms with E-state index in [4.69, 9.17) is 9.26 Å². The molecule has 9 nitrogen and oxygen atoms in total. The lowest BCUT2D eigenvalue weighted by Gasteiger charge is -2.19. The lowest BCUT2D eigenvalue weighted by molar-refractivity contribution is 0.252. The third-order valence-electron chi connectivity index (χ3n) is 5.89. The summed E-state index contributed by atoms with van der Waals surface area (Å²) in [6.45, 7) is 4.89. The van der Waals surface area contributed by atoms with Crippen molar-refractivity contribution in [3.63, 3.8) is 0 Å². The van der Waals surface area contributed by atoms with E-state index >= 15 is 0 Å². The van der Waals surface area contributed by atoms with Crippen LogP contribution in [0.1, 0.15) is 17.1 Å². The summed E-state index contributed by atoms with van der Waals surface area (Å²) in [4.78, 5) is 31.8. The van der Waals surface area contributed by atoms with Crippen molar-refractivity contribution >= 4 is 22.6 Å². The number of aryl methyl sites for hydroxylation is 2. The average Bonchev–Trinajstić information content (AvgIpc) is 3.39. The summed E-state index contributed by atoms with van der Waals surface area (Å²) in [7, 11) is 1.59. The highest BCUT2D eigenvalue weighted by atomic mass is 16.5. The Labute approximate surface area is 189 Å². The highest BCUT2D eigenvalue weighted by molar-refractivity contribution is 5.97. The first-order valence-electron chi connectivity index (χ1n) is 10.6. The van der Waals surface area contributed by atoms with E-state index in [1.165, 1.54) is 4.90 Å². The van der Waals surface area contributed by atoms with Crippen molar-refractivity contribution in [1.29, 1.82) is 0 Å². The highest BCUT2D eigenvalue weighted by Crippen LogP contribution is 2.38. The van der Waals surface area contributed by atoms with Gasteiger partial charge in [0.25, 0.3) is 5.56 Å². The number of nitrogens with zero attached hydrogens (tertiary/aromatic N) is 4. The summed E-state index contributed by atoms with van der Waals surface area (Å²) in [6, 6.07) is 10.8. The molecule has 0 spiro atoms. The second-order valence-electron chi connectivity index (χ2n) is 7.94. The van der Waals surface area contributed by atoms with Crippen molar-refractivity contribution in [1.82, 2.24) is 20.0 Å². The van der Waals surface area contributed by atoms with Gasteiger partial charge in [0.15, 0.2) is 0 Å². The number of urea groups is 1. The molecule has 1 fully saturated rings. The first-order valence-corrected chi connectivity index (χ1v) is 10.6. The van der Waals surface area contributed by atoms with E-state index in [9.17, 15) is 9.59 Å². The van der Waals surface area contributed by atoms with E-state index in [0.717, 1.165) is 27.9 Å². The number of hydrogen-bond donors (Lipinski definition) is 1. The molecule has 5 rings (SSSR count). The van der Waals surface area contributed by atoms with Gasteiger partial charge < -0.3 is 19.1 Å². The number of carbonyl (C=O) groups is 1. The Morgan fingerprint density at radius 1 is 1.18 bits per heavy atom. The van der Waals surface area contributed by atoms with Gasteiger partial charge in [-0.05, 0) is 38.1 Å². The zero-order valence-electron chi connectivity index (χ0n) is 18.6. The van der Waals surface area contributed by atoms with Gasteiger partial charge in [0.2, 0.25) is 0 Å². The number of rotatable bonds is 5. The number of anilines is 1. The Morgan fingerprint density at radius 3 is 2.67 bits per heavy atom. The Balaban J connectivity index is 1.80. The summed E-state index contributed by atoms with van der Waals surface area (Å²) in [6.07, 6.45) is 1.69. The van der Waals surface area contributed by atoms with Gasteiger partial charge in [-0.3, -0.25) is 14.7 Å². The smallest absolute Gasteiger partial charge is 0.322 e. The summed E-state index contributed by atoms with van der Waals surface area (Å²) in [5.41, 5.74) is 3.86. The van der Waals surface area contributed by atoms with Crippen LogP contribution in [0.2, 0.25) is 0 Å². The van der Waals surface area contributed by atoms with Crippen molar-refractivity contribution in [2.75, 3.05) is 25.1 Å². The van der Waals surface area contributed by atoms with Crippen molar-refractivity contribution in [2.45, 2.75) is 20.4 Å². The van der Waals surface area contributed by atoms with Crippen LogP contribution in [0.3, 0.4) is 0 Å². The maximum atomic E-state index is 13.6. The van der Waals surface area contributed by atoms with Crippen molar-refractivity contribution < 1.29 is 14.1 Å². The van der Waals surface area contributed by atoms with Crippen LogP contribution in [-0.2, 0) is 6.54 Å². The van der Waals surface area contributed by atoms with Gasteiger partial charge in [0.05, 0.1) is 36.1 Å². The number of ether oxygens (including phenoxy) is 1. The fourth-order valence-electron chi connectivity index (χ4n) is 4.33. The Kier molecular flexibility index (Phi) is 5.08. The van der Waals surface area contributed by atoms with Crippen LogP contribution in [0.25, 0.3) is 22.0 Å². The second kappa shape index (κ2) is 8.09. The number of nitrogens with one attached hydrogen (secondary N) is 1. The van der Waals surface area contributed by atoms with Crippen LogP contribution >= 0.6 is 0 Å². The first-order chi connectivity index (χ1) is 16.0. The zero-order valence-corrected chi connectivity index (χ0v) is 18.6. The number of benzene rings is 1. The van der Waals surface area contributed by atoms with E-state index < -0.39 is 0 Å². The molecular weight excluding hydrogens is 422 g/mol. The largest absolute Gasteiger partial charge is 0.496 e. The van der Waals surface area contributed by atoms with Crippen LogP contribution in [-0.4, -0.2) is 40.9 Å². The van der Waals surface area contributed by atoms with E-state index in [-0.39, 0.29) is 18.1 Å². The van der Waals surface area contributed by atoms with E-state index in [0.29, 0.717) is 35.8 Å². The summed E-state index contributed by atoms with van der Waals surface area (Å²) >= 11 is 0. The average molecular weight is 445 g/mol. The number of fused-ring (bicyclic) bond motifs is 1. The number of carbonyl (C=O) groups excluding carboxylic acids is 1. The molecule has 0 bridgehead atoms. The maximum Gasteiger partial charge on any atom is 0.322 e. The minimum Gasteiger partial charge on any atom is -0.496 e. The molecule has 3 aromatic heterocycles. The third kappa shape index (κ3) is 3.51. The molecule has 9 heteroatoms. The van der Waals surface area contributed by atoms with E-state index in [1.807, 2.05) is 44.2 Å². The van der Waals surface area contributed by atoms with Gasteiger partial charge in [-0.25, -0.2) is 4.79 Å². The maximum absolute atomic E-state index is 13.6. The standard InChI is InChI=1S/C24H23N5O4/c1-14-22(15(2)33-27-14)18-10-16-11-20(28-9-8-26-24(28)31)23(30)29(19(16)12-21(18)32-3)13-17-6-4-5-7-25-17/h4-7,10-12H,8-9,13H2,1-3H3,(H,26,31). The number of hydrogen-bond acceptors (Lipinski definition) is 6. The van der Waals surface area contributed by atoms with Crippen LogP contribution in [0, 0.1) is 13.8 Å². The fraction of sp³-hybridized carbons (Fsp3) is 0.250. The lowest BCUT2D eigenvalue weighted by Crippen LogP contribution is -2.35. The number of methoxy groups -OCH3 is 1. The van der Waals surface area contributed by atoms with Gasteiger partial charge >= 0.3 is 6.03 Å². The molecule has 1 saturated heterocycles. The van der Waals surface area contributed by atoms with Crippen LogP contribution < -0.4 is 20.5 Å². The summed E-state index contributed by atoms with van der Waals surface area (Å²) in [5, 5.41) is 7.62. The molecular formula is C24H23N5O4. The molecule has 1 aliphatic rings. The third-order valence-corrected chi connectivity index (χ3v) is 5.89. The molecule has 0 radical (unpaired) electrons. The van der Waals surface area contributed by atoms with Crippen molar-refractivity contribution in [3.8, 4) is 16.9 Å². The molecule has 33 heavy (non-hydrogen) atoms.